The smallest absolute Gasteiger partial charge is 0.253 e. The molecular formula is C12H17ClN2O3. The summed E-state index contributed by atoms with van der Waals surface area (Å²) in [6.45, 7) is 2.10. The molecule has 0 aliphatic rings. The Labute approximate surface area is 111 Å². The van der Waals surface area contributed by atoms with Crippen LogP contribution in [0.4, 0.5) is 0 Å². The zero-order valence-corrected chi connectivity index (χ0v) is 11.2. The van der Waals surface area contributed by atoms with Gasteiger partial charge in [-0.15, -0.1) is 0 Å². The van der Waals surface area contributed by atoms with Crippen molar-refractivity contribution in [2.45, 2.75) is 18.9 Å². The minimum absolute atomic E-state index is 0.0288. The van der Waals surface area contributed by atoms with E-state index in [0.717, 1.165) is 0 Å². The molecule has 100 valence electrons. The fourth-order valence-electron chi connectivity index (χ4n) is 1.59. The quantitative estimate of drug-likeness (QED) is 0.765. The van der Waals surface area contributed by atoms with Crippen LogP contribution in [0.15, 0.2) is 18.3 Å². The Morgan fingerprint density at radius 3 is 2.83 bits per heavy atom. The number of rotatable bonds is 6. The number of aliphatic hydroxyl groups excluding tert-OH is 1. The fraction of sp³-hybridized carbons (Fsp3) is 0.500. The van der Waals surface area contributed by atoms with Gasteiger partial charge >= 0.3 is 0 Å². The van der Waals surface area contributed by atoms with Gasteiger partial charge in [0, 0.05) is 19.9 Å². The van der Waals surface area contributed by atoms with Crippen molar-refractivity contribution in [1.29, 1.82) is 0 Å². The molecule has 1 heterocycles. The number of nitrogens with zero attached hydrogens (tertiary/aromatic N) is 1. The fourth-order valence-corrected chi connectivity index (χ4v) is 1.70. The van der Waals surface area contributed by atoms with Crippen molar-refractivity contribution in [2.75, 3.05) is 20.3 Å². The Balaban J connectivity index is 2.74. The number of hydrogen-bond donors (Lipinski definition) is 2. The molecule has 0 aromatic carbocycles. The van der Waals surface area contributed by atoms with Crippen molar-refractivity contribution in [3.05, 3.63) is 29.0 Å². The van der Waals surface area contributed by atoms with Crippen molar-refractivity contribution in [3.63, 3.8) is 0 Å². The summed E-state index contributed by atoms with van der Waals surface area (Å²) in [6.07, 6.45) is 1.82. The molecule has 0 aliphatic carbocycles. The Morgan fingerprint density at radius 2 is 2.33 bits per heavy atom. The maximum Gasteiger partial charge on any atom is 0.253 e. The van der Waals surface area contributed by atoms with E-state index in [1.165, 1.54) is 6.20 Å². The summed E-state index contributed by atoms with van der Waals surface area (Å²) in [6, 6.07) is 3.15. The summed E-state index contributed by atoms with van der Waals surface area (Å²) in [4.78, 5) is 15.8. The highest BCUT2D eigenvalue weighted by molar-refractivity contribution is 6.29. The average molecular weight is 273 g/mol. The molecule has 1 unspecified atom stereocenters. The maximum atomic E-state index is 12.0. The van der Waals surface area contributed by atoms with Gasteiger partial charge in [-0.05, 0) is 25.5 Å². The van der Waals surface area contributed by atoms with Crippen LogP contribution in [0.3, 0.4) is 0 Å². The number of carbonyl (C=O) groups excluding carboxylic acids is 1. The van der Waals surface area contributed by atoms with Crippen molar-refractivity contribution in [1.82, 2.24) is 10.3 Å². The van der Waals surface area contributed by atoms with E-state index in [9.17, 15) is 4.79 Å². The minimum Gasteiger partial charge on any atom is -0.396 e. The number of hydrogen-bond acceptors (Lipinski definition) is 4. The molecule has 18 heavy (non-hydrogen) atoms. The first kappa shape index (κ1) is 14.9. The van der Waals surface area contributed by atoms with Gasteiger partial charge in [-0.25, -0.2) is 4.98 Å². The highest BCUT2D eigenvalue weighted by atomic mass is 35.5. The molecule has 1 aromatic heterocycles. The van der Waals surface area contributed by atoms with Gasteiger partial charge in [-0.3, -0.25) is 4.79 Å². The maximum absolute atomic E-state index is 12.0. The monoisotopic (exact) mass is 272 g/mol. The molecular weight excluding hydrogens is 256 g/mol. The van der Waals surface area contributed by atoms with Crippen LogP contribution in [-0.2, 0) is 4.74 Å². The Hall–Kier alpha value is -1.17. The van der Waals surface area contributed by atoms with Crippen molar-refractivity contribution >= 4 is 17.5 Å². The summed E-state index contributed by atoms with van der Waals surface area (Å²) in [5, 5.41) is 12.2. The first-order valence-electron chi connectivity index (χ1n) is 5.54. The molecule has 1 rings (SSSR count). The van der Waals surface area contributed by atoms with Crippen LogP contribution in [0.2, 0.25) is 5.15 Å². The Morgan fingerprint density at radius 1 is 1.61 bits per heavy atom. The van der Waals surface area contributed by atoms with E-state index in [1.807, 2.05) is 6.92 Å². The van der Waals surface area contributed by atoms with Gasteiger partial charge in [-0.1, -0.05) is 11.6 Å². The van der Waals surface area contributed by atoms with Gasteiger partial charge in [0.1, 0.15) is 5.15 Å². The van der Waals surface area contributed by atoms with Gasteiger partial charge in [0.15, 0.2) is 0 Å². The number of nitrogens with one attached hydrogen (secondary N) is 1. The molecule has 1 atom stereocenters. The van der Waals surface area contributed by atoms with Crippen LogP contribution in [0, 0.1) is 0 Å². The van der Waals surface area contributed by atoms with Gasteiger partial charge in [0.05, 0.1) is 17.7 Å². The highest BCUT2D eigenvalue weighted by Gasteiger charge is 2.26. The summed E-state index contributed by atoms with van der Waals surface area (Å²) in [5.41, 5.74) is -0.195. The molecule has 0 radical (unpaired) electrons. The van der Waals surface area contributed by atoms with Crippen molar-refractivity contribution < 1.29 is 14.6 Å². The third-order valence-electron chi connectivity index (χ3n) is 2.53. The zero-order chi connectivity index (χ0) is 13.6. The lowest BCUT2D eigenvalue weighted by atomic mass is 9.99. The molecule has 6 heteroatoms. The number of aromatic nitrogens is 1. The first-order chi connectivity index (χ1) is 8.50. The minimum atomic E-state index is -0.611. The van der Waals surface area contributed by atoms with E-state index in [4.69, 9.17) is 21.4 Å². The Kier molecular flexibility index (Phi) is 5.53. The van der Waals surface area contributed by atoms with Gasteiger partial charge in [-0.2, -0.15) is 0 Å². The van der Waals surface area contributed by atoms with Gasteiger partial charge in [0.25, 0.3) is 5.91 Å². The lowest BCUT2D eigenvalue weighted by Gasteiger charge is -2.29. The summed E-state index contributed by atoms with van der Waals surface area (Å²) < 4.78 is 5.05. The highest BCUT2D eigenvalue weighted by Crippen LogP contribution is 2.12. The number of amides is 1. The van der Waals surface area contributed by atoms with E-state index in [0.29, 0.717) is 23.7 Å². The predicted octanol–water partition coefficient (Wildman–Crippen LogP) is 1.25. The Bertz CT molecular complexity index is 389. The lowest BCUT2D eigenvalue weighted by molar-refractivity contribution is 0.0725. The van der Waals surface area contributed by atoms with E-state index < -0.39 is 5.54 Å². The third kappa shape index (κ3) is 4.25. The third-order valence-corrected chi connectivity index (χ3v) is 2.75. The van der Waals surface area contributed by atoms with E-state index in [2.05, 4.69) is 10.3 Å². The van der Waals surface area contributed by atoms with Crippen molar-refractivity contribution in [2.24, 2.45) is 0 Å². The zero-order valence-electron chi connectivity index (χ0n) is 10.4. The van der Waals surface area contributed by atoms with E-state index >= 15 is 0 Å². The second kappa shape index (κ2) is 6.68. The van der Waals surface area contributed by atoms with Crippen LogP contribution in [0.25, 0.3) is 0 Å². The number of carbonyl (C=O) groups is 1. The van der Waals surface area contributed by atoms with Crippen LogP contribution in [-0.4, -0.2) is 41.9 Å². The van der Waals surface area contributed by atoms with Gasteiger partial charge in [0.2, 0.25) is 0 Å². The van der Waals surface area contributed by atoms with Crippen LogP contribution < -0.4 is 5.32 Å². The normalized spacial score (nSPS) is 14.0. The largest absolute Gasteiger partial charge is 0.396 e. The average Bonchev–Trinajstić information content (AvgIpc) is 2.30. The molecule has 5 nitrogen and oxygen atoms in total. The molecule has 0 fully saturated rings. The standard InChI is InChI=1S/C12H17ClN2O3/c1-12(5-6-16,8-18-2)15-11(17)9-3-4-10(13)14-7-9/h3-4,7,16H,5-6,8H2,1-2H3,(H,15,17). The molecule has 0 aliphatic heterocycles. The number of aliphatic hydroxyl groups is 1. The predicted molar refractivity (Wildman–Crippen MR) is 68.7 cm³/mol. The topological polar surface area (TPSA) is 71.5 Å². The molecule has 1 aromatic rings. The molecule has 0 spiro atoms. The molecule has 2 N–H and O–H groups in total. The van der Waals surface area contributed by atoms with Crippen molar-refractivity contribution in [3.8, 4) is 0 Å². The van der Waals surface area contributed by atoms with E-state index in [1.54, 1.807) is 19.2 Å². The summed E-state index contributed by atoms with van der Waals surface area (Å²) in [7, 11) is 1.55. The summed E-state index contributed by atoms with van der Waals surface area (Å²) in [5.74, 6) is -0.271. The van der Waals surface area contributed by atoms with Crippen LogP contribution in [0.5, 0.6) is 0 Å². The second-order valence-corrected chi connectivity index (χ2v) is 4.68. The lowest BCUT2D eigenvalue weighted by Crippen LogP contribution is -2.50. The summed E-state index contributed by atoms with van der Waals surface area (Å²) >= 11 is 5.65. The molecule has 0 saturated heterocycles. The number of ether oxygens (including phenoxy) is 1. The second-order valence-electron chi connectivity index (χ2n) is 4.29. The number of methoxy groups -OCH3 is 1. The SMILES string of the molecule is COCC(C)(CCO)NC(=O)c1ccc(Cl)nc1. The van der Waals surface area contributed by atoms with Crippen LogP contribution >= 0.6 is 11.6 Å². The molecule has 0 saturated carbocycles. The number of pyridine rings is 1. The van der Waals surface area contributed by atoms with Gasteiger partial charge < -0.3 is 15.2 Å². The molecule has 0 bridgehead atoms. The molecule has 1 amide bonds. The van der Waals surface area contributed by atoms with Crippen LogP contribution in [0.1, 0.15) is 23.7 Å². The van der Waals surface area contributed by atoms with E-state index in [-0.39, 0.29) is 12.5 Å². The first-order valence-corrected chi connectivity index (χ1v) is 5.92. The number of halogens is 1.